The number of amides is 1. The monoisotopic (exact) mass is 453 g/mol. The van der Waals surface area contributed by atoms with Gasteiger partial charge in [0, 0.05) is 49.9 Å². The number of aryl methyl sites for hydroxylation is 1. The number of hydrogen-bond acceptors (Lipinski definition) is 5. The zero-order chi connectivity index (χ0) is 23.1. The normalized spacial score (nSPS) is 25.1. The molecule has 4 heterocycles. The lowest BCUT2D eigenvalue weighted by Gasteiger charge is -2.54. The summed E-state index contributed by atoms with van der Waals surface area (Å²) in [5.41, 5.74) is 0.908. The van der Waals surface area contributed by atoms with Crippen LogP contribution < -0.4 is 9.47 Å². The van der Waals surface area contributed by atoms with Crippen molar-refractivity contribution < 1.29 is 19.0 Å². The van der Waals surface area contributed by atoms with E-state index in [2.05, 4.69) is 24.9 Å². The van der Waals surface area contributed by atoms with Gasteiger partial charge in [-0.2, -0.15) is 0 Å². The molecule has 2 fully saturated rings. The van der Waals surface area contributed by atoms with Crippen molar-refractivity contribution in [2.45, 2.75) is 64.2 Å². The smallest absolute Gasteiger partial charge is 0.222 e. The summed E-state index contributed by atoms with van der Waals surface area (Å²) in [6, 6.07) is 6.00. The molecule has 1 aromatic heterocycles. The number of carbonyl (C=O) groups excluding carboxylic acids is 1. The number of ether oxygens (including phenoxy) is 3. The second-order valence-corrected chi connectivity index (χ2v) is 10.4. The Kier molecular flexibility index (Phi) is 5.85. The molecule has 1 amide bonds. The van der Waals surface area contributed by atoms with Crippen molar-refractivity contribution in [1.29, 1.82) is 0 Å². The van der Waals surface area contributed by atoms with E-state index in [1.807, 2.05) is 27.8 Å². The highest BCUT2D eigenvalue weighted by atomic mass is 16.5. The first kappa shape index (κ1) is 22.3. The fraction of sp³-hybridized carbons (Fsp3) is 0.615. The first-order chi connectivity index (χ1) is 15.9. The molecule has 3 aliphatic rings. The largest absolute Gasteiger partial charge is 0.497 e. The summed E-state index contributed by atoms with van der Waals surface area (Å²) in [7, 11) is 1.69. The first-order valence-corrected chi connectivity index (χ1v) is 12.1. The van der Waals surface area contributed by atoms with E-state index in [-0.39, 0.29) is 28.9 Å². The van der Waals surface area contributed by atoms with E-state index >= 15 is 0 Å². The molecule has 2 saturated heterocycles. The van der Waals surface area contributed by atoms with Crippen LogP contribution in [0.2, 0.25) is 0 Å². The molecule has 0 bridgehead atoms. The highest BCUT2D eigenvalue weighted by molar-refractivity contribution is 5.76. The summed E-state index contributed by atoms with van der Waals surface area (Å²) in [6.07, 6.45) is 10.0. The number of benzene rings is 1. The van der Waals surface area contributed by atoms with Crippen LogP contribution in [0.5, 0.6) is 11.5 Å². The summed E-state index contributed by atoms with van der Waals surface area (Å²) in [4.78, 5) is 18.9. The zero-order valence-electron chi connectivity index (χ0n) is 20.0. The van der Waals surface area contributed by atoms with Crippen LogP contribution in [0, 0.1) is 11.3 Å². The fourth-order valence-corrected chi connectivity index (χ4v) is 5.83. The van der Waals surface area contributed by atoms with Gasteiger partial charge < -0.3 is 23.7 Å². The van der Waals surface area contributed by atoms with E-state index < -0.39 is 0 Å². The van der Waals surface area contributed by atoms with Crippen LogP contribution in [0.15, 0.2) is 36.9 Å². The molecule has 0 radical (unpaired) electrons. The Labute approximate surface area is 196 Å². The average Bonchev–Trinajstić information content (AvgIpc) is 3.33. The molecule has 0 saturated carbocycles. The number of carbonyl (C=O) groups is 1. The maximum Gasteiger partial charge on any atom is 0.222 e. The molecule has 5 rings (SSSR count). The quantitative estimate of drug-likeness (QED) is 0.678. The Morgan fingerprint density at radius 3 is 2.82 bits per heavy atom. The van der Waals surface area contributed by atoms with Crippen LogP contribution in [-0.4, -0.2) is 52.8 Å². The maximum atomic E-state index is 12.8. The van der Waals surface area contributed by atoms with Crippen LogP contribution in [0.4, 0.5) is 0 Å². The second kappa shape index (κ2) is 8.67. The standard InChI is InChI=1S/C26H35N3O4/c1-25(2)21-16-26(17-32-24(21)20-15-19(31-3)6-7-22(20)33-25)8-12-29(13-9-26)23(30)5-4-11-28-14-10-27-18-28/h6-7,10,14-15,18,21,24H,4-5,8-9,11-13,16-17H2,1-3H3/t21-,24+/m0/s1. The summed E-state index contributed by atoms with van der Waals surface area (Å²) in [5.74, 6) is 2.26. The summed E-state index contributed by atoms with van der Waals surface area (Å²) in [5, 5.41) is 0. The number of piperidine rings is 1. The van der Waals surface area contributed by atoms with Gasteiger partial charge in [0.15, 0.2) is 0 Å². The van der Waals surface area contributed by atoms with Crippen molar-refractivity contribution in [3.63, 3.8) is 0 Å². The molecule has 3 aliphatic heterocycles. The summed E-state index contributed by atoms with van der Waals surface area (Å²) < 4.78 is 20.5. The Morgan fingerprint density at radius 2 is 2.09 bits per heavy atom. The topological polar surface area (TPSA) is 65.8 Å². The molecule has 0 N–H and O–H groups in total. The lowest BCUT2D eigenvalue weighted by molar-refractivity contribution is -0.176. The van der Waals surface area contributed by atoms with Crippen molar-refractivity contribution >= 4 is 5.91 Å². The van der Waals surface area contributed by atoms with Crippen molar-refractivity contribution in [3.05, 3.63) is 42.5 Å². The van der Waals surface area contributed by atoms with E-state index in [4.69, 9.17) is 14.2 Å². The third-order valence-corrected chi connectivity index (χ3v) is 7.92. The summed E-state index contributed by atoms with van der Waals surface area (Å²) in [6.45, 7) is 7.57. The number of aromatic nitrogens is 2. The number of rotatable bonds is 5. The van der Waals surface area contributed by atoms with Crippen LogP contribution >= 0.6 is 0 Å². The van der Waals surface area contributed by atoms with E-state index in [9.17, 15) is 4.79 Å². The Bertz CT molecular complexity index is 979. The maximum absolute atomic E-state index is 12.8. The van der Waals surface area contributed by atoms with Gasteiger partial charge in [0.25, 0.3) is 0 Å². The number of nitrogens with zero attached hydrogens (tertiary/aromatic N) is 3. The molecule has 178 valence electrons. The van der Waals surface area contributed by atoms with Crippen LogP contribution in [0.25, 0.3) is 0 Å². The van der Waals surface area contributed by atoms with Gasteiger partial charge in [-0.15, -0.1) is 0 Å². The molecular formula is C26H35N3O4. The highest BCUT2D eigenvalue weighted by Crippen LogP contribution is 2.55. The van der Waals surface area contributed by atoms with Crippen molar-refractivity contribution in [3.8, 4) is 11.5 Å². The lowest BCUT2D eigenvalue weighted by atomic mass is 9.64. The molecule has 1 aromatic carbocycles. The van der Waals surface area contributed by atoms with Crippen LogP contribution in [0.1, 0.15) is 57.6 Å². The van der Waals surface area contributed by atoms with Gasteiger partial charge in [0.2, 0.25) is 5.91 Å². The fourth-order valence-electron chi connectivity index (χ4n) is 5.83. The number of likely N-dealkylation sites (tertiary alicyclic amines) is 1. The predicted molar refractivity (Wildman–Crippen MR) is 124 cm³/mol. The van der Waals surface area contributed by atoms with E-state index in [1.54, 1.807) is 19.6 Å². The number of methoxy groups -OCH3 is 1. The first-order valence-electron chi connectivity index (χ1n) is 12.1. The van der Waals surface area contributed by atoms with Crippen molar-refractivity contribution in [2.75, 3.05) is 26.8 Å². The number of hydrogen-bond donors (Lipinski definition) is 0. The van der Waals surface area contributed by atoms with Crippen molar-refractivity contribution in [2.24, 2.45) is 11.3 Å². The number of fused-ring (bicyclic) bond motifs is 3. The van der Waals surface area contributed by atoms with Crippen molar-refractivity contribution in [1.82, 2.24) is 14.5 Å². The second-order valence-electron chi connectivity index (χ2n) is 10.4. The van der Waals surface area contributed by atoms with Gasteiger partial charge in [-0.05, 0) is 63.1 Å². The third kappa shape index (κ3) is 4.35. The van der Waals surface area contributed by atoms with Gasteiger partial charge in [0.05, 0.1) is 26.1 Å². The van der Waals surface area contributed by atoms with Gasteiger partial charge in [0.1, 0.15) is 17.1 Å². The SMILES string of the molecule is COc1ccc2c(c1)[C@H]1OCC3(CCN(C(=O)CCCn4ccnc4)CC3)C[C@@H]1C(C)(C)O2. The van der Waals surface area contributed by atoms with Gasteiger partial charge in [-0.1, -0.05) is 0 Å². The molecule has 2 aromatic rings. The average molecular weight is 454 g/mol. The Morgan fingerprint density at radius 1 is 1.27 bits per heavy atom. The third-order valence-electron chi connectivity index (χ3n) is 7.92. The van der Waals surface area contributed by atoms with E-state index in [1.165, 1.54) is 0 Å². The lowest BCUT2D eigenvalue weighted by Crippen LogP contribution is -2.54. The zero-order valence-corrected chi connectivity index (χ0v) is 20.0. The molecular weight excluding hydrogens is 418 g/mol. The minimum atomic E-state index is -0.306. The predicted octanol–water partition coefficient (Wildman–Crippen LogP) is 4.23. The van der Waals surface area contributed by atoms with Gasteiger partial charge >= 0.3 is 0 Å². The minimum Gasteiger partial charge on any atom is -0.497 e. The van der Waals surface area contributed by atoms with Gasteiger partial charge in [-0.25, -0.2) is 4.98 Å². The van der Waals surface area contributed by atoms with Crippen LogP contribution in [0.3, 0.4) is 0 Å². The van der Waals surface area contributed by atoms with Crippen LogP contribution in [-0.2, 0) is 16.1 Å². The molecule has 33 heavy (non-hydrogen) atoms. The molecule has 7 heteroatoms. The molecule has 7 nitrogen and oxygen atoms in total. The Hall–Kier alpha value is -2.54. The van der Waals surface area contributed by atoms with E-state index in [0.29, 0.717) is 6.42 Å². The molecule has 0 unspecified atom stereocenters. The van der Waals surface area contributed by atoms with Gasteiger partial charge in [-0.3, -0.25) is 4.79 Å². The Balaban J connectivity index is 1.21. The molecule has 2 atom stereocenters. The molecule has 0 aliphatic carbocycles. The highest BCUT2D eigenvalue weighted by Gasteiger charge is 2.53. The molecule has 1 spiro atoms. The summed E-state index contributed by atoms with van der Waals surface area (Å²) >= 11 is 0. The number of imidazole rings is 1. The minimum absolute atomic E-state index is 0.0207. The van der Waals surface area contributed by atoms with E-state index in [0.717, 1.165) is 69.0 Å².